The number of pyridine rings is 1. The number of carboxylic acids is 1. The molecule has 0 amide bonds. The number of carboxylic acid groups (broad SMARTS) is 1. The summed E-state index contributed by atoms with van der Waals surface area (Å²) in [5.41, 5.74) is 1.89. The Morgan fingerprint density at radius 3 is 3.10 bits per heavy atom. The van der Waals surface area contributed by atoms with Gasteiger partial charge in [-0.25, -0.2) is 0 Å². The largest absolute Gasteiger partial charge is 0.481 e. The van der Waals surface area contributed by atoms with Crippen LogP contribution in [0.2, 0.25) is 5.02 Å². The third kappa shape index (κ3) is 2.43. The van der Waals surface area contributed by atoms with Gasteiger partial charge in [0.1, 0.15) is 0 Å². The lowest BCUT2D eigenvalue weighted by atomic mass is 10.1. The number of benzene rings is 1. The van der Waals surface area contributed by atoms with E-state index < -0.39 is 5.97 Å². The first-order chi connectivity index (χ1) is 9.65. The van der Waals surface area contributed by atoms with E-state index >= 15 is 0 Å². The lowest BCUT2D eigenvalue weighted by Gasteiger charge is -2.26. The van der Waals surface area contributed by atoms with Crippen LogP contribution in [0.5, 0.6) is 0 Å². The zero-order chi connectivity index (χ0) is 14.1. The SMILES string of the molecule is O=C(O)CC1CCCN1c1ccnc2cc(Cl)ccc12. The van der Waals surface area contributed by atoms with Crippen molar-refractivity contribution in [2.24, 2.45) is 0 Å². The molecule has 1 unspecified atom stereocenters. The van der Waals surface area contributed by atoms with Crippen molar-refractivity contribution in [3.63, 3.8) is 0 Å². The van der Waals surface area contributed by atoms with E-state index in [0.29, 0.717) is 5.02 Å². The standard InChI is InChI=1S/C15H15ClN2O2/c16-10-3-4-12-13(8-10)17-6-5-14(12)18-7-1-2-11(18)9-15(19)20/h3-6,8,11H,1-2,7,9H2,(H,19,20). The average molecular weight is 291 g/mol. The molecule has 104 valence electrons. The molecule has 20 heavy (non-hydrogen) atoms. The zero-order valence-corrected chi connectivity index (χ0v) is 11.7. The summed E-state index contributed by atoms with van der Waals surface area (Å²) >= 11 is 6.00. The van der Waals surface area contributed by atoms with Gasteiger partial charge < -0.3 is 10.0 Å². The quantitative estimate of drug-likeness (QED) is 0.942. The molecule has 4 nitrogen and oxygen atoms in total. The molecule has 3 rings (SSSR count). The summed E-state index contributed by atoms with van der Waals surface area (Å²) in [4.78, 5) is 17.5. The number of hydrogen-bond acceptors (Lipinski definition) is 3. The van der Waals surface area contributed by atoms with Crippen molar-refractivity contribution in [3.05, 3.63) is 35.5 Å². The van der Waals surface area contributed by atoms with Crippen LogP contribution >= 0.6 is 11.6 Å². The molecule has 1 atom stereocenters. The van der Waals surface area contributed by atoms with E-state index in [1.54, 1.807) is 6.20 Å². The van der Waals surface area contributed by atoms with Crippen LogP contribution in [-0.4, -0.2) is 28.6 Å². The molecular formula is C15H15ClN2O2. The fraction of sp³-hybridized carbons (Fsp3) is 0.333. The van der Waals surface area contributed by atoms with Crippen molar-refractivity contribution in [3.8, 4) is 0 Å². The number of rotatable bonds is 3. The van der Waals surface area contributed by atoms with Crippen molar-refractivity contribution in [2.45, 2.75) is 25.3 Å². The van der Waals surface area contributed by atoms with Gasteiger partial charge in [0.05, 0.1) is 11.9 Å². The molecule has 2 aromatic rings. The van der Waals surface area contributed by atoms with Crippen LogP contribution in [0.1, 0.15) is 19.3 Å². The van der Waals surface area contributed by atoms with Crippen molar-refractivity contribution < 1.29 is 9.90 Å². The maximum Gasteiger partial charge on any atom is 0.305 e. The van der Waals surface area contributed by atoms with Gasteiger partial charge in [0.2, 0.25) is 0 Å². The minimum Gasteiger partial charge on any atom is -0.481 e. The highest BCUT2D eigenvalue weighted by molar-refractivity contribution is 6.31. The first kappa shape index (κ1) is 13.2. The molecule has 1 aliphatic heterocycles. The van der Waals surface area contributed by atoms with E-state index in [9.17, 15) is 4.79 Å². The van der Waals surface area contributed by atoms with Crippen molar-refractivity contribution >= 4 is 34.2 Å². The number of aliphatic carboxylic acids is 1. The summed E-state index contributed by atoms with van der Waals surface area (Å²) in [7, 11) is 0. The lowest BCUT2D eigenvalue weighted by molar-refractivity contribution is -0.137. The summed E-state index contributed by atoms with van der Waals surface area (Å²) in [6.07, 6.45) is 3.88. The summed E-state index contributed by atoms with van der Waals surface area (Å²) in [5.74, 6) is -0.747. The van der Waals surface area contributed by atoms with Crippen LogP contribution in [0.3, 0.4) is 0 Å². The van der Waals surface area contributed by atoms with Gasteiger partial charge in [-0.3, -0.25) is 9.78 Å². The van der Waals surface area contributed by atoms with Gasteiger partial charge in [-0.05, 0) is 37.1 Å². The minimum absolute atomic E-state index is 0.0637. The molecule has 0 aliphatic carbocycles. The Balaban J connectivity index is 2.03. The number of anilines is 1. The zero-order valence-electron chi connectivity index (χ0n) is 10.9. The maximum atomic E-state index is 11.0. The predicted octanol–water partition coefficient (Wildman–Crippen LogP) is 3.33. The molecule has 2 heterocycles. The minimum atomic E-state index is -0.747. The van der Waals surface area contributed by atoms with Gasteiger partial charge in [0, 0.05) is 34.9 Å². The molecule has 1 aromatic heterocycles. The Morgan fingerprint density at radius 1 is 1.45 bits per heavy atom. The van der Waals surface area contributed by atoms with Crippen molar-refractivity contribution in [1.82, 2.24) is 4.98 Å². The first-order valence-corrected chi connectivity index (χ1v) is 7.05. The van der Waals surface area contributed by atoms with Crippen LogP contribution in [0.25, 0.3) is 10.9 Å². The van der Waals surface area contributed by atoms with E-state index in [0.717, 1.165) is 36.0 Å². The van der Waals surface area contributed by atoms with E-state index in [4.69, 9.17) is 16.7 Å². The summed E-state index contributed by atoms with van der Waals surface area (Å²) in [6.45, 7) is 0.889. The Kier molecular flexibility index (Phi) is 3.49. The topological polar surface area (TPSA) is 53.4 Å². The van der Waals surface area contributed by atoms with Crippen LogP contribution in [0, 0.1) is 0 Å². The fourth-order valence-corrected chi connectivity index (χ4v) is 3.09. The van der Waals surface area contributed by atoms with Gasteiger partial charge in [-0.1, -0.05) is 11.6 Å². The fourth-order valence-electron chi connectivity index (χ4n) is 2.92. The number of fused-ring (bicyclic) bond motifs is 1. The van der Waals surface area contributed by atoms with Gasteiger partial charge in [-0.15, -0.1) is 0 Å². The number of halogens is 1. The van der Waals surface area contributed by atoms with E-state index in [1.165, 1.54) is 0 Å². The number of aromatic nitrogens is 1. The Morgan fingerprint density at radius 2 is 2.30 bits per heavy atom. The highest BCUT2D eigenvalue weighted by Gasteiger charge is 2.27. The summed E-state index contributed by atoms with van der Waals surface area (Å²) in [5, 5.41) is 10.7. The average Bonchev–Trinajstić information content (AvgIpc) is 2.84. The van der Waals surface area contributed by atoms with E-state index in [1.807, 2.05) is 24.3 Å². The van der Waals surface area contributed by atoms with Crippen LogP contribution in [-0.2, 0) is 4.79 Å². The molecule has 0 radical (unpaired) electrons. The Labute approximate surface area is 122 Å². The van der Waals surface area contributed by atoms with E-state index in [2.05, 4.69) is 9.88 Å². The second-order valence-corrected chi connectivity index (χ2v) is 5.52. The smallest absolute Gasteiger partial charge is 0.305 e. The molecule has 0 saturated carbocycles. The number of nitrogens with zero attached hydrogens (tertiary/aromatic N) is 2. The molecule has 0 spiro atoms. The molecule has 1 aliphatic rings. The third-order valence-corrected chi connectivity index (χ3v) is 4.01. The van der Waals surface area contributed by atoms with Crippen molar-refractivity contribution in [1.29, 1.82) is 0 Å². The monoisotopic (exact) mass is 290 g/mol. The second-order valence-electron chi connectivity index (χ2n) is 5.08. The Bertz CT molecular complexity index is 659. The molecule has 0 bridgehead atoms. The van der Waals surface area contributed by atoms with Gasteiger partial charge in [0.15, 0.2) is 0 Å². The highest BCUT2D eigenvalue weighted by atomic mass is 35.5. The van der Waals surface area contributed by atoms with E-state index in [-0.39, 0.29) is 12.5 Å². The predicted molar refractivity (Wildman–Crippen MR) is 79.4 cm³/mol. The lowest BCUT2D eigenvalue weighted by Crippen LogP contribution is -2.31. The van der Waals surface area contributed by atoms with Gasteiger partial charge in [-0.2, -0.15) is 0 Å². The van der Waals surface area contributed by atoms with Gasteiger partial charge >= 0.3 is 5.97 Å². The third-order valence-electron chi connectivity index (χ3n) is 3.78. The number of carbonyl (C=O) groups is 1. The highest BCUT2D eigenvalue weighted by Crippen LogP contribution is 2.33. The van der Waals surface area contributed by atoms with Gasteiger partial charge in [0.25, 0.3) is 0 Å². The molecular weight excluding hydrogens is 276 g/mol. The Hall–Kier alpha value is -1.81. The molecule has 5 heteroatoms. The van der Waals surface area contributed by atoms with Crippen LogP contribution in [0.15, 0.2) is 30.5 Å². The molecule has 1 aromatic carbocycles. The summed E-state index contributed by atoms with van der Waals surface area (Å²) < 4.78 is 0. The van der Waals surface area contributed by atoms with Crippen molar-refractivity contribution in [2.75, 3.05) is 11.4 Å². The second kappa shape index (κ2) is 5.29. The normalized spacial score (nSPS) is 18.6. The molecule has 1 saturated heterocycles. The molecule has 1 N–H and O–H groups in total. The number of hydrogen-bond donors (Lipinski definition) is 1. The summed E-state index contributed by atoms with van der Waals surface area (Å²) in [6, 6.07) is 7.65. The van der Waals surface area contributed by atoms with Crippen LogP contribution < -0.4 is 4.90 Å². The van der Waals surface area contributed by atoms with Crippen LogP contribution in [0.4, 0.5) is 5.69 Å². The molecule has 1 fully saturated rings. The maximum absolute atomic E-state index is 11.0. The first-order valence-electron chi connectivity index (χ1n) is 6.68.